The fourth-order valence-electron chi connectivity index (χ4n) is 3.64. The molecule has 4 nitrogen and oxygen atoms in total. The second-order valence-corrected chi connectivity index (χ2v) is 7.11. The van der Waals surface area contributed by atoms with Gasteiger partial charge in [-0.15, -0.1) is 0 Å². The zero-order chi connectivity index (χ0) is 17.9. The monoisotopic (exact) mass is 348 g/mol. The molecule has 1 saturated carbocycles. The quantitative estimate of drug-likeness (QED) is 0.645. The van der Waals surface area contributed by atoms with Crippen LogP contribution in [0.4, 0.5) is 17.3 Å². The van der Waals surface area contributed by atoms with Crippen molar-refractivity contribution in [3.05, 3.63) is 64.5 Å². The van der Waals surface area contributed by atoms with Crippen molar-refractivity contribution >= 4 is 28.0 Å². The van der Waals surface area contributed by atoms with Crippen molar-refractivity contribution in [2.45, 2.75) is 45.1 Å². The lowest BCUT2D eigenvalue weighted by Gasteiger charge is -2.24. The van der Waals surface area contributed by atoms with Gasteiger partial charge in [0.15, 0.2) is 0 Å². The Morgan fingerprint density at radius 1 is 0.923 bits per heavy atom. The Kier molecular flexibility index (Phi) is 4.65. The van der Waals surface area contributed by atoms with Crippen LogP contribution in [0.25, 0.3) is 10.8 Å². The molecule has 0 spiro atoms. The summed E-state index contributed by atoms with van der Waals surface area (Å²) in [7, 11) is 0. The molecule has 0 unspecified atom stereocenters. The number of fused-ring (bicyclic) bond motifs is 1. The summed E-state index contributed by atoms with van der Waals surface area (Å²) in [6.45, 7) is 2.07. The first kappa shape index (κ1) is 16.7. The number of hydrogen-bond donors (Lipinski definition) is 2. The van der Waals surface area contributed by atoms with E-state index in [2.05, 4.69) is 29.7 Å². The average Bonchev–Trinajstić information content (AvgIpc) is 2.67. The number of nitrogens with one attached hydrogen (secondary N) is 2. The van der Waals surface area contributed by atoms with Gasteiger partial charge in [-0.25, -0.2) is 4.79 Å². The zero-order valence-corrected chi connectivity index (χ0v) is 15.0. The lowest BCUT2D eigenvalue weighted by atomic mass is 9.95. The van der Waals surface area contributed by atoms with Crippen molar-refractivity contribution in [3.63, 3.8) is 0 Å². The summed E-state index contributed by atoms with van der Waals surface area (Å²) in [5.41, 5.74) is 2.71. The molecule has 0 atom stereocenters. The average molecular weight is 348 g/mol. The van der Waals surface area contributed by atoms with Gasteiger partial charge < -0.3 is 15.1 Å². The summed E-state index contributed by atoms with van der Waals surface area (Å²) >= 11 is 0. The summed E-state index contributed by atoms with van der Waals surface area (Å²) < 4.78 is 5.69. The molecular weight excluding hydrogens is 324 g/mol. The van der Waals surface area contributed by atoms with Crippen LogP contribution in [0, 0.1) is 6.92 Å². The highest BCUT2D eigenvalue weighted by Crippen LogP contribution is 2.34. The normalized spacial score (nSPS) is 15.1. The van der Waals surface area contributed by atoms with Crippen LogP contribution in [0.5, 0.6) is 0 Å². The molecule has 1 aliphatic rings. The molecule has 1 fully saturated rings. The summed E-state index contributed by atoms with van der Waals surface area (Å²) in [4.78, 5) is 12.5. The molecule has 0 bridgehead atoms. The Bertz CT molecular complexity index is 954. The third-order valence-electron chi connectivity index (χ3n) is 5.10. The molecule has 0 radical (unpaired) electrons. The molecule has 3 aromatic rings. The molecule has 1 heterocycles. The van der Waals surface area contributed by atoms with Gasteiger partial charge in [-0.05, 0) is 38.0 Å². The summed E-state index contributed by atoms with van der Waals surface area (Å²) in [5.74, 6) is 0.543. The standard InChI is InChI=1S/C22H24N2O2/c1-15-11-13-17(14-12-15)23-20-18-9-5-6-10-19(18)22(25)26-21(20)24-16-7-3-2-4-8-16/h5-6,9-14,16,23-24H,2-4,7-8H2,1H3. The van der Waals surface area contributed by atoms with Crippen LogP contribution < -0.4 is 16.3 Å². The van der Waals surface area contributed by atoms with E-state index in [0.717, 1.165) is 29.6 Å². The van der Waals surface area contributed by atoms with Crippen LogP contribution in [0.1, 0.15) is 37.7 Å². The van der Waals surface area contributed by atoms with Gasteiger partial charge in [0.25, 0.3) is 0 Å². The maximum Gasteiger partial charge on any atom is 0.345 e. The molecular formula is C22H24N2O2. The summed E-state index contributed by atoms with van der Waals surface area (Å²) in [6, 6.07) is 16.2. The van der Waals surface area contributed by atoms with Crippen LogP contribution in [0.3, 0.4) is 0 Å². The Morgan fingerprint density at radius 2 is 1.62 bits per heavy atom. The minimum atomic E-state index is -0.298. The Labute approximate surface area is 153 Å². The van der Waals surface area contributed by atoms with E-state index in [0.29, 0.717) is 17.3 Å². The van der Waals surface area contributed by atoms with E-state index >= 15 is 0 Å². The predicted molar refractivity (Wildman–Crippen MR) is 107 cm³/mol. The van der Waals surface area contributed by atoms with Gasteiger partial charge in [-0.1, -0.05) is 55.2 Å². The lowest BCUT2D eigenvalue weighted by molar-refractivity contribution is 0.445. The molecule has 0 saturated heterocycles. The highest BCUT2D eigenvalue weighted by atomic mass is 16.4. The number of rotatable bonds is 4. The highest BCUT2D eigenvalue weighted by molar-refractivity contribution is 5.99. The molecule has 4 heteroatoms. The number of aryl methyl sites for hydroxylation is 1. The smallest absolute Gasteiger partial charge is 0.345 e. The van der Waals surface area contributed by atoms with E-state index in [1.54, 1.807) is 0 Å². The molecule has 0 aliphatic heterocycles. The topological polar surface area (TPSA) is 54.3 Å². The Hall–Kier alpha value is -2.75. The Balaban J connectivity index is 1.78. The minimum Gasteiger partial charge on any atom is -0.404 e. The molecule has 26 heavy (non-hydrogen) atoms. The molecule has 2 N–H and O–H groups in total. The van der Waals surface area contributed by atoms with E-state index < -0.39 is 0 Å². The van der Waals surface area contributed by atoms with Crippen molar-refractivity contribution in [1.82, 2.24) is 0 Å². The second-order valence-electron chi connectivity index (χ2n) is 7.11. The van der Waals surface area contributed by atoms with Gasteiger partial charge in [0, 0.05) is 17.1 Å². The van der Waals surface area contributed by atoms with Crippen LogP contribution in [0.15, 0.2) is 57.7 Å². The van der Waals surface area contributed by atoms with Crippen molar-refractivity contribution in [1.29, 1.82) is 0 Å². The van der Waals surface area contributed by atoms with E-state index in [-0.39, 0.29) is 5.63 Å². The van der Waals surface area contributed by atoms with Gasteiger partial charge in [0.05, 0.1) is 5.39 Å². The maximum atomic E-state index is 12.5. The maximum absolute atomic E-state index is 12.5. The van der Waals surface area contributed by atoms with E-state index in [1.807, 2.05) is 36.4 Å². The third-order valence-corrected chi connectivity index (χ3v) is 5.10. The van der Waals surface area contributed by atoms with Gasteiger partial charge in [0.1, 0.15) is 5.69 Å². The highest BCUT2D eigenvalue weighted by Gasteiger charge is 2.19. The zero-order valence-electron chi connectivity index (χ0n) is 15.0. The van der Waals surface area contributed by atoms with Crippen molar-refractivity contribution in [2.24, 2.45) is 0 Å². The van der Waals surface area contributed by atoms with Crippen LogP contribution in [-0.4, -0.2) is 6.04 Å². The molecule has 134 valence electrons. The molecule has 4 rings (SSSR count). The number of benzene rings is 2. The second kappa shape index (κ2) is 7.24. The summed E-state index contributed by atoms with van der Waals surface area (Å²) in [6.07, 6.45) is 5.95. The van der Waals surface area contributed by atoms with E-state index in [1.165, 1.54) is 24.8 Å². The van der Waals surface area contributed by atoms with E-state index in [4.69, 9.17) is 4.42 Å². The molecule has 2 aromatic carbocycles. The lowest BCUT2D eigenvalue weighted by Crippen LogP contribution is -2.23. The fraction of sp³-hybridized carbons (Fsp3) is 0.318. The number of anilines is 3. The minimum absolute atomic E-state index is 0.298. The predicted octanol–water partition coefficient (Wildman–Crippen LogP) is 5.59. The molecule has 0 amide bonds. The summed E-state index contributed by atoms with van der Waals surface area (Å²) in [5, 5.41) is 8.42. The van der Waals surface area contributed by atoms with Gasteiger partial charge in [0.2, 0.25) is 5.88 Å². The third kappa shape index (κ3) is 3.45. The van der Waals surface area contributed by atoms with Gasteiger partial charge >= 0.3 is 5.63 Å². The van der Waals surface area contributed by atoms with Gasteiger partial charge in [-0.3, -0.25) is 0 Å². The van der Waals surface area contributed by atoms with Gasteiger partial charge in [-0.2, -0.15) is 0 Å². The first-order valence-corrected chi connectivity index (χ1v) is 9.37. The Morgan fingerprint density at radius 3 is 2.35 bits per heavy atom. The molecule has 1 aromatic heterocycles. The fourth-order valence-corrected chi connectivity index (χ4v) is 3.64. The van der Waals surface area contributed by atoms with Crippen molar-refractivity contribution in [3.8, 4) is 0 Å². The van der Waals surface area contributed by atoms with Crippen LogP contribution in [0.2, 0.25) is 0 Å². The number of hydrogen-bond acceptors (Lipinski definition) is 4. The first-order chi connectivity index (χ1) is 12.7. The van der Waals surface area contributed by atoms with Crippen LogP contribution in [-0.2, 0) is 0 Å². The first-order valence-electron chi connectivity index (χ1n) is 9.37. The molecule has 1 aliphatic carbocycles. The van der Waals surface area contributed by atoms with Crippen molar-refractivity contribution < 1.29 is 4.42 Å². The SMILES string of the molecule is Cc1ccc(Nc2c(NC3CCCCC3)oc(=O)c3ccccc23)cc1. The van der Waals surface area contributed by atoms with Crippen LogP contribution >= 0.6 is 0 Å². The van der Waals surface area contributed by atoms with E-state index in [9.17, 15) is 4.79 Å². The largest absolute Gasteiger partial charge is 0.404 e. The van der Waals surface area contributed by atoms with Crippen molar-refractivity contribution in [2.75, 3.05) is 10.6 Å².